The second kappa shape index (κ2) is 6.52. The summed E-state index contributed by atoms with van der Waals surface area (Å²) in [7, 11) is 0. The van der Waals surface area contributed by atoms with Crippen molar-refractivity contribution in [2.24, 2.45) is 0 Å². The standard InChI is InChI=1S/C14H20N2O2/c1-12(17)15-10-13-4-2-3-5-14(13)11-16-6-8-18-9-7-16/h2-5H,6-11H2,1H3,(H,15,17). The zero-order chi connectivity index (χ0) is 12.8. The fraction of sp³-hybridized carbons (Fsp3) is 0.500. The van der Waals surface area contributed by atoms with Gasteiger partial charge >= 0.3 is 0 Å². The Kier molecular flexibility index (Phi) is 4.73. The Hall–Kier alpha value is -1.39. The van der Waals surface area contributed by atoms with Crippen LogP contribution < -0.4 is 5.32 Å². The highest BCUT2D eigenvalue weighted by atomic mass is 16.5. The van der Waals surface area contributed by atoms with E-state index in [9.17, 15) is 4.79 Å². The van der Waals surface area contributed by atoms with Crippen LogP contribution in [0.1, 0.15) is 18.1 Å². The highest BCUT2D eigenvalue weighted by molar-refractivity contribution is 5.72. The Balaban J connectivity index is 1.99. The molecule has 18 heavy (non-hydrogen) atoms. The average molecular weight is 248 g/mol. The number of carbonyl (C=O) groups excluding carboxylic acids is 1. The van der Waals surface area contributed by atoms with Gasteiger partial charge in [-0.2, -0.15) is 0 Å². The lowest BCUT2D eigenvalue weighted by Crippen LogP contribution is -2.36. The lowest BCUT2D eigenvalue weighted by molar-refractivity contribution is -0.119. The maximum atomic E-state index is 11.0. The van der Waals surface area contributed by atoms with Gasteiger partial charge in [0.1, 0.15) is 0 Å². The monoisotopic (exact) mass is 248 g/mol. The number of nitrogens with one attached hydrogen (secondary N) is 1. The summed E-state index contributed by atoms with van der Waals surface area (Å²) in [4.78, 5) is 13.4. The van der Waals surface area contributed by atoms with Crippen molar-refractivity contribution >= 4 is 5.91 Å². The van der Waals surface area contributed by atoms with Crippen molar-refractivity contribution < 1.29 is 9.53 Å². The third-order valence-corrected chi connectivity index (χ3v) is 3.14. The van der Waals surface area contributed by atoms with Crippen LogP contribution in [0, 0.1) is 0 Å². The molecule has 1 aliphatic heterocycles. The number of ether oxygens (including phenoxy) is 1. The lowest BCUT2D eigenvalue weighted by atomic mass is 10.1. The molecule has 0 aliphatic carbocycles. The first-order chi connectivity index (χ1) is 8.75. The first-order valence-electron chi connectivity index (χ1n) is 6.37. The summed E-state index contributed by atoms with van der Waals surface area (Å²) in [5.74, 6) is 0.0103. The fourth-order valence-electron chi connectivity index (χ4n) is 2.10. The van der Waals surface area contributed by atoms with Crippen molar-refractivity contribution in [1.82, 2.24) is 10.2 Å². The first-order valence-corrected chi connectivity index (χ1v) is 6.37. The molecular weight excluding hydrogens is 228 g/mol. The summed E-state index contributed by atoms with van der Waals surface area (Å²) < 4.78 is 5.35. The van der Waals surface area contributed by atoms with Gasteiger partial charge in [0.15, 0.2) is 0 Å². The predicted octanol–water partition coefficient (Wildman–Crippen LogP) is 1.15. The largest absolute Gasteiger partial charge is 0.379 e. The highest BCUT2D eigenvalue weighted by Gasteiger charge is 2.12. The van der Waals surface area contributed by atoms with E-state index in [1.807, 2.05) is 12.1 Å². The van der Waals surface area contributed by atoms with Crippen LogP contribution in [0.25, 0.3) is 0 Å². The minimum atomic E-state index is 0.0103. The van der Waals surface area contributed by atoms with Crippen LogP contribution in [0.15, 0.2) is 24.3 Å². The molecule has 1 aromatic rings. The van der Waals surface area contributed by atoms with E-state index in [2.05, 4.69) is 22.3 Å². The van der Waals surface area contributed by atoms with Gasteiger partial charge in [0, 0.05) is 33.1 Å². The number of hydrogen-bond donors (Lipinski definition) is 1. The SMILES string of the molecule is CC(=O)NCc1ccccc1CN1CCOCC1. The van der Waals surface area contributed by atoms with Crippen LogP contribution in [0.3, 0.4) is 0 Å². The van der Waals surface area contributed by atoms with Gasteiger partial charge in [0.05, 0.1) is 13.2 Å². The quantitative estimate of drug-likeness (QED) is 0.869. The number of morpholine rings is 1. The Morgan fingerprint density at radius 1 is 1.28 bits per heavy atom. The van der Waals surface area contributed by atoms with E-state index < -0.39 is 0 Å². The second-order valence-corrected chi connectivity index (χ2v) is 4.57. The molecule has 1 N–H and O–H groups in total. The molecule has 0 saturated carbocycles. The van der Waals surface area contributed by atoms with Crippen molar-refractivity contribution in [3.8, 4) is 0 Å². The van der Waals surface area contributed by atoms with Gasteiger partial charge in [-0.05, 0) is 11.1 Å². The minimum Gasteiger partial charge on any atom is -0.379 e. The molecule has 4 nitrogen and oxygen atoms in total. The molecule has 1 heterocycles. The van der Waals surface area contributed by atoms with Crippen LogP contribution in [0.2, 0.25) is 0 Å². The van der Waals surface area contributed by atoms with Crippen LogP contribution in [-0.4, -0.2) is 37.1 Å². The van der Waals surface area contributed by atoms with Gasteiger partial charge in [-0.3, -0.25) is 9.69 Å². The van der Waals surface area contributed by atoms with E-state index in [1.165, 1.54) is 11.1 Å². The molecule has 1 aromatic carbocycles. The molecule has 0 atom stereocenters. The molecule has 0 unspecified atom stereocenters. The van der Waals surface area contributed by atoms with Crippen LogP contribution >= 0.6 is 0 Å². The van der Waals surface area contributed by atoms with E-state index >= 15 is 0 Å². The van der Waals surface area contributed by atoms with Gasteiger partial charge in [0.2, 0.25) is 5.91 Å². The Morgan fingerprint density at radius 2 is 1.94 bits per heavy atom. The Bertz CT molecular complexity index is 401. The summed E-state index contributed by atoms with van der Waals surface area (Å²) in [6.07, 6.45) is 0. The molecule has 0 bridgehead atoms. The van der Waals surface area contributed by atoms with Crippen molar-refractivity contribution in [2.75, 3.05) is 26.3 Å². The Labute approximate surface area is 108 Å². The molecule has 2 rings (SSSR count). The molecule has 98 valence electrons. The zero-order valence-corrected chi connectivity index (χ0v) is 10.8. The molecule has 0 radical (unpaired) electrons. The fourth-order valence-corrected chi connectivity index (χ4v) is 2.10. The molecule has 0 spiro atoms. The van der Waals surface area contributed by atoms with Crippen molar-refractivity contribution in [1.29, 1.82) is 0 Å². The van der Waals surface area contributed by atoms with Crippen molar-refractivity contribution in [2.45, 2.75) is 20.0 Å². The molecular formula is C14H20N2O2. The lowest BCUT2D eigenvalue weighted by Gasteiger charge is -2.27. The van der Waals surface area contributed by atoms with E-state index in [4.69, 9.17) is 4.74 Å². The molecule has 1 amide bonds. The molecule has 1 fully saturated rings. The van der Waals surface area contributed by atoms with Crippen molar-refractivity contribution in [3.63, 3.8) is 0 Å². The summed E-state index contributed by atoms with van der Waals surface area (Å²) in [5, 5.41) is 2.86. The second-order valence-electron chi connectivity index (χ2n) is 4.57. The third-order valence-electron chi connectivity index (χ3n) is 3.14. The number of rotatable bonds is 4. The van der Waals surface area contributed by atoms with E-state index in [-0.39, 0.29) is 5.91 Å². The summed E-state index contributed by atoms with van der Waals surface area (Å²) in [6, 6.07) is 8.27. The van der Waals surface area contributed by atoms with E-state index in [1.54, 1.807) is 6.92 Å². The Morgan fingerprint density at radius 3 is 2.61 bits per heavy atom. The molecule has 1 aliphatic rings. The number of benzene rings is 1. The normalized spacial score (nSPS) is 16.5. The summed E-state index contributed by atoms with van der Waals surface area (Å²) in [6.45, 7) is 6.67. The van der Waals surface area contributed by atoms with Gasteiger partial charge in [-0.1, -0.05) is 24.3 Å². The molecule has 1 saturated heterocycles. The first kappa shape index (κ1) is 13.1. The summed E-state index contributed by atoms with van der Waals surface area (Å²) >= 11 is 0. The van der Waals surface area contributed by atoms with Crippen molar-refractivity contribution in [3.05, 3.63) is 35.4 Å². The van der Waals surface area contributed by atoms with Crippen LogP contribution in [-0.2, 0) is 22.6 Å². The maximum absolute atomic E-state index is 11.0. The third kappa shape index (κ3) is 3.82. The zero-order valence-electron chi connectivity index (χ0n) is 10.8. The van der Waals surface area contributed by atoms with Gasteiger partial charge in [-0.25, -0.2) is 0 Å². The molecule has 0 aromatic heterocycles. The minimum absolute atomic E-state index is 0.0103. The number of hydrogen-bond acceptors (Lipinski definition) is 3. The smallest absolute Gasteiger partial charge is 0.217 e. The van der Waals surface area contributed by atoms with Gasteiger partial charge < -0.3 is 10.1 Å². The van der Waals surface area contributed by atoms with Crippen LogP contribution in [0.4, 0.5) is 0 Å². The topological polar surface area (TPSA) is 41.6 Å². The summed E-state index contributed by atoms with van der Waals surface area (Å²) in [5.41, 5.74) is 2.48. The van der Waals surface area contributed by atoms with Gasteiger partial charge in [-0.15, -0.1) is 0 Å². The highest BCUT2D eigenvalue weighted by Crippen LogP contribution is 2.12. The van der Waals surface area contributed by atoms with Gasteiger partial charge in [0.25, 0.3) is 0 Å². The van der Waals surface area contributed by atoms with Crippen LogP contribution in [0.5, 0.6) is 0 Å². The van der Waals surface area contributed by atoms with E-state index in [0.717, 1.165) is 32.8 Å². The average Bonchev–Trinajstić information content (AvgIpc) is 2.39. The number of amides is 1. The van der Waals surface area contributed by atoms with E-state index in [0.29, 0.717) is 6.54 Å². The predicted molar refractivity (Wildman–Crippen MR) is 70.1 cm³/mol. The molecule has 4 heteroatoms. The maximum Gasteiger partial charge on any atom is 0.217 e. The number of nitrogens with zero attached hydrogens (tertiary/aromatic N) is 1. The number of carbonyl (C=O) groups is 1.